The summed E-state index contributed by atoms with van der Waals surface area (Å²) in [5, 5.41) is 22.4. The number of hydrogen-bond donors (Lipinski definition) is 3. The molecule has 0 aliphatic carbocycles. The molecule has 0 saturated heterocycles. The van der Waals surface area contributed by atoms with Gasteiger partial charge in [0.15, 0.2) is 0 Å². The summed E-state index contributed by atoms with van der Waals surface area (Å²) in [5.74, 6) is 1.17. The van der Waals surface area contributed by atoms with Crippen molar-refractivity contribution in [3.63, 3.8) is 0 Å². The lowest BCUT2D eigenvalue weighted by atomic mass is 10.1. The van der Waals surface area contributed by atoms with Crippen molar-refractivity contribution in [2.45, 2.75) is 26.5 Å². The fraction of sp³-hybridized carbons (Fsp3) is 0.538. The molecule has 96 valence electrons. The first-order valence-electron chi connectivity index (χ1n) is 5.79. The Morgan fingerprint density at radius 3 is 2.65 bits per heavy atom. The number of hydrogen-bond acceptors (Lipinski definition) is 4. The van der Waals surface area contributed by atoms with Crippen LogP contribution in [0, 0.1) is 5.92 Å². The Bertz CT molecular complexity index is 353. The number of ether oxygens (including phenoxy) is 1. The first-order chi connectivity index (χ1) is 8.04. The first kappa shape index (κ1) is 13.8. The minimum absolute atomic E-state index is 0.224. The molecule has 0 radical (unpaired) electrons. The van der Waals surface area contributed by atoms with Gasteiger partial charge in [0.1, 0.15) is 11.5 Å². The van der Waals surface area contributed by atoms with Crippen molar-refractivity contribution >= 4 is 0 Å². The molecule has 1 aromatic rings. The third-order valence-corrected chi connectivity index (χ3v) is 2.73. The van der Waals surface area contributed by atoms with Crippen LogP contribution < -0.4 is 10.1 Å². The molecular weight excluding hydrogens is 218 g/mol. The molecule has 0 aromatic heterocycles. The van der Waals surface area contributed by atoms with Gasteiger partial charge < -0.3 is 20.3 Å². The Morgan fingerprint density at radius 2 is 2.06 bits per heavy atom. The van der Waals surface area contributed by atoms with Gasteiger partial charge in [-0.15, -0.1) is 0 Å². The SMILES string of the molecule is COc1ccc(O)c(CNCC(O)C(C)C)c1. The number of phenolic OH excluding ortho intramolecular Hbond substituents is 1. The van der Waals surface area contributed by atoms with Crippen molar-refractivity contribution in [1.29, 1.82) is 0 Å². The zero-order chi connectivity index (χ0) is 12.8. The molecule has 3 N–H and O–H groups in total. The fourth-order valence-corrected chi connectivity index (χ4v) is 1.42. The number of aliphatic hydroxyl groups is 1. The van der Waals surface area contributed by atoms with E-state index >= 15 is 0 Å². The summed E-state index contributed by atoms with van der Waals surface area (Å²) in [7, 11) is 1.59. The van der Waals surface area contributed by atoms with Gasteiger partial charge in [-0.3, -0.25) is 0 Å². The van der Waals surface area contributed by atoms with Gasteiger partial charge in [0.25, 0.3) is 0 Å². The van der Waals surface area contributed by atoms with Gasteiger partial charge in [-0.05, 0) is 24.1 Å². The van der Waals surface area contributed by atoms with Crippen LogP contribution in [0.25, 0.3) is 0 Å². The molecule has 0 aliphatic heterocycles. The van der Waals surface area contributed by atoms with E-state index in [9.17, 15) is 10.2 Å². The summed E-state index contributed by atoms with van der Waals surface area (Å²) < 4.78 is 5.09. The predicted molar refractivity (Wildman–Crippen MR) is 67.2 cm³/mol. The maximum atomic E-state index is 9.65. The molecule has 4 nitrogen and oxygen atoms in total. The highest BCUT2D eigenvalue weighted by molar-refractivity contribution is 5.39. The highest BCUT2D eigenvalue weighted by Gasteiger charge is 2.09. The van der Waals surface area contributed by atoms with Crippen LogP contribution in [-0.2, 0) is 6.54 Å². The number of aromatic hydroxyl groups is 1. The Kier molecular flexibility index (Phi) is 5.25. The molecule has 0 aliphatic rings. The summed E-state index contributed by atoms with van der Waals surface area (Å²) >= 11 is 0. The smallest absolute Gasteiger partial charge is 0.120 e. The second-order valence-corrected chi connectivity index (χ2v) is 4.44. The molecule has 0 saturated carbocycles. The summed E-state index contributed by atoms with van der Waals surface area (Å²) in [6, 6.07) is 5.10. The number of rotatable bonds is 6. The van der Waals surface area contributed by atoms with Crippen LogP contribution in [0.2, 0.25) is 0 Å². The number of phenols is 1. The van der Waals surface area contributed by atoms with Crippen LogP contribution in [0.3, 0.4) is 0 Å². The first-order valence-corrected chi connectivity index (χ1v) is 5.79. The van der Waals surface area contributed by atoms with E-state index in [4.69, 9.17) is 4.74 Å². The Morgan fingerprint density at radius 1 is 1.35 bits per heavy atom. The van der Waals surface area contributed by atoms with Gasteiger partial charge in [-0.25, -0.2) is 0 Å². The quantitative estimate of drug-likeness (QED) is 0.704. The van der Waals surface area contributed by atoms with Crippen molar-refractivity contribution in [3.8, 4) is 11.5 Å². The molecule has 1 rings (SSSR count). The zero-order valence-corrected chi connectivity index (χ0v) is 10.6. The monoisotopic (exact) mass is 239 g/mol. The second-order valence-electron chi connectivity index (χ2n) is 4.44. The van der Waals surface area contributed by atoms with E-state index in [1.807, 2.05) is 13.8 Å². The third-order valence-electron chi connectivity index (χ3n) is 2.73. The molecule has 0 heterocycles. The average molecular weight is 239 g/mol. The Balaban J connectivity index is 2.51. The normalized spacial score (nSPS) is 12.8. The largest absolute Gasteiger partial charge is 0.508 e. The van der Waals surface area contributed by atoms with Crippen molar-refractivity contribution in [1.82, 2.24) is 5.32 Å². The lowest BCUT2D eigenvalue weighted by molar-refractivity contribution is 0.123. The fourth-order valence-electron chi connectivity index (χ4n) is 1.42. The topological polar surface area (TPSA) is 61.7 Å². The molecular formula is C13H21NO3. The highest BCUT2D eigenvalue weighted by Crippen LogP contribution is 2.22. The molecule has 4 heteroatoms. The van der Waals surface area contributed by atoms with Gasteiger partial charge in [0, 0.05) is 18.7 Å². The molecule has 0 amide bonds. The summed E-state index contributed by atoms with van der Waals surface area (Å²) in [6.45, 7) is 4.95. The van der Waals surface area contributed by atoms with Gasteiger partial charge in [-0.2, -0.15) is 0 Å². The second kappa shape index (κ2) is 6.47. The lowest BCUT2D eigenvalue weighted by Gasteiger charge is -2.15. The Hall–Kier alpha value is -1.26. The summed E-state index contributed by atoms with van der Waals surface area (Å²) in [5.41, 5.74) is 0.764. The van der Waals surface area contributed by atoms with E-state index in [1.54, 1.807) is 25.3 Å². The van der Waals surface area contributed by atoms with Crippen molar-refractivity contribution in [2.75, 3.05) is 13.7 Å². The number of nitrogens with one attached hydrogen (secondary N) is 1. The van der Waals surface area contributed by atoms with Gasteiger partial charge in [0.2, 0.25) is 0 Å². The minimum atomic E-state index is -0.372. The standard InChI is InChI=1S/C13H21NO3/c1-9(2)13(16)8-14-7-10-6-11(17-3)4-5-12(10)15/h4-6,9,13-16H,7-8H2,1-3H3. The van der Waals surface area contributed by atoms with Gasteiger partial charge in [-0.1, -0.05) is 13.8 Å². The van der Waals surface area contributed by atoms with Crippen LogP contribution in [0.15, 0.2) is 18.2 Å². The molecule has 1 atom stereocenters. The summed E-state index contributed by atoms with van der Waals surface area (Å²) in [4.78, 5) is 0. The van der Waals surface area contributed by atoms with Crippen LogP contribution in [0.1, 0.15) is 19.4 Å². The van der Waals surface area contributed by atoms with Gasteiger partial charge in [0.05, 0.1) is 13.2 Å². The van der Waals surface area contributed by atoms with Crippen molar-refractivity contribution < 1.29 is 14.9 Å². The Labute approximate surface area is 102 Å². The lowest BCUT2D eigenvalue weighted by Crippen LogP contribution is -2.30. The van der Waals surface area contributed by atoms with Crippen LogP contribution in [0.5, 0.6) is 11.5 Å². The number of aliphatic hydroxyl groups excluding tert-OH is 1. The molecule has 0 fully saturated rings. The van der Waals surface area contributed by atoms with Crippen LogP contribution in [-0.4, -0.2) is 30.0 Å². The highest BCUT2D eigenvalue weighted by atomic mass is 16.5. The van der Waals surface area contributed by atoms with E-state index in [2.05, 4.69) is 5.32 Å². The molecule has 1 aromatic carbocycles. The molecule has 0 bridgehead atoms. The summed E-state index contributed by atoms with van der Waals surface area (Å²) in [6.07, 6.45) is -0.372. The average Bonchev–Trinajstić information content (AvgIpc) is 2.31. The van der Waals surface area contributed by atoms with E-state index in [-0.39, 0.29) is 17.8 Å². The predicted octanol–water partition coefficient (Wildman–Crippen LogP) is 1.51. The molecule has 17 heavy (non-hydrogen) atoms. The minimum Gasteiger partial charge on any atom is -0.508 e. The zero-order valence-electron chi connectivity index (χ0n) is 10.6. The number of methoxy groups -OCH3 is 1. The van der Waals surface area contributed by atoms with Gasteiger partial charge >= 0.3 is 0 Å². The maximum absolute atomic E-state index is 9.65. The van der Waals surface area contributed by atoms with E-state index in [0.29, 0.717) is 18.8 Å². The van der Waals surface area contributed by atoms with E-state index in [1.165, 1.54) is 0 Å². The van der Waals surface area contributed by atoms with Crippen LogP contribution in [0.4, 0.5) is 0 Å². The number of benzene rings is 1. The van der Waals surface area contributed by atoms with Crippen molar-refractivity contribution in [2.24, 2.45) is 5.92 Å². The van der Waals surface area contributed by atoms with E-state index in [0.717, 1.165) is 5.56 Å². The molecule has 0 spiro atoms. The van der Waals surface area contributed by atoms with E-state index < -0.39 is 0 Å². The maximum Gasteiger partial charge on any atom is 0.120 e. The third kappa shape index (κ3) is 4.24. The van der Waals surface area contributed by atoms with Crippen molar-refractivity contribution in [3.05, 3.63) is 23.8 Å². The van der Waals surface area contributed by atoms with Crippen LogP contribution >= 0.6 is 0 Å². The molecule has 1 unspecified atom stereocenters.